The molecule has 0 aromatic carbocycles. The van der Waals surface area contributed by atoms with Crippen LogP contribution in [0.4, 0.5) is 5.95 Å². The van der Waals surface area contributed by atoms with Crippen LogP contribution in [-0.4, -0.2) is 34.1 Å². The molecule has 0 atom stereocenters. The van der Waals surface area contributed by atoms with Crippen molar-refractivity contribution in [1.29, 1.82) is 0 Å². The zero-order valence-electron chi connectivity index (χ0n) is 8.97. The molecule has 0 fully saturated rings. The Labute approximate surface area is 88.8 Å². The molecule has 82 valence electrons. The van der Waals surface area contributed by atoms with Crippen LogP contribution in [0.2, 0.25) is 0 Å². The van der Waals surface area contributed by atoms with Gasteiger partial charge in [0.15, 0.2) is 0 Å². The van der Waals surface area contributed by atoms with Crippen molar-refractivity contribution < 1.29 is 9.90 Å². The third-order valence-corrected chi connectivity index (χ3v) is 2.03. The molecule has 0 bridgehead atoms. The fourth-order valence-corrected chi connectivity index (χ4v) is 1.18. The molecule has 0 saturated carbocycles. The molecular weight excluding hydrogens is 194 g/mol. The summed E-state index contributed by atoms with van der Waals surface area (Å²) in [6.07, 6.45) is 3.56. The van der Waals surface area contributed by atoms with Crippen LogP contribution < -0.4 is 4.90 Å². The lowest BCUT2D eigenvalue weighted by atomic mass is 10.4. The van der Waals surface area contributed by atoms with E-state index in [4.69, 9.17) is 5.11 Å². The molecular formula is C10H15N3O2. The van der Waals surface area contributed by atoms with Gasteiger partial charge in [0, 0.05) is 25.5 Å². The van der Waals surface area contributed by atoms with Crippen LogP contribution in [0.5, 0.6) is 0 Å². The number of rotatable bonds is 5. The first-order valence-electron chi connectivity index (χ1n) is 4.89. The summed E-state index contributed by atoms with van der Waals surface area (Å²) in [5, 5.41) is 8.58. The Bertz CT molecular complexity index is 324. The highest BCUT2D eigenvalue weighted by atomic mass is 16.4. The van der Waals surface area contributed by atoms with Crippen LogP contribution in [0.15, 0.2) is 12.4 Å². The zero-order valence-corrected chi connectivity index (χ0v) is 8.97. The van der Waals surface area contributed by atoms with Gasteiger partial charge >= 0.3 is 5.97 Å². The molecule has 0 radical (unpaired) electrons. The van der Waals surface area contributed by atoms with Gasteiger partial charge in [-0.3, -0.25) is 4.79 Å². The lowest BCUT2D eigenvalue weighted by Gasteiger charge is -2.19. The first-order valence-corrected chi connectivity index (χ1v) is 4.89. The summed E-state index contributed by atoms with van der Waals surface area (Å²) >= 11 is 0. The Kier molecular flexibility index (Phi) is 4.03. The SMILES string of the molecule is CCN(CCC(=O)O)c1ncc(C)cn1. The summed E-state index contributed by atoms with van der Waals surface area (Å²) in [7, 11) is 0. The maximum absolute atomic E-state index is 10.4. The van der Waals surface area contributed by atoms with Crippen molar-refractivity contribution in [2.75, 3.05) is 18.0 Å². The average molecular weight is 209 g/mol. The summed E-state index contributed by atoms with van der Waals surface area (Å²) in [6.45, 7) is 5.01. The molecule has 0 aliphatic heterocycles. The molecule has 1 rings (SSSR count). The van der Waals surface area contributed by atoms with Gasteiger partial charge in [-0.2, -0.15) is 0 Å². The van der Waals surface area contributed by atoms with Crippen LogP contribution in [0.3, 0.4) is 0 Å². The summed E-state index contributed by atoms with van der Waals surface area (Å²) < 4.78 is 0. The van der Waals surface area contributed by atoms with Crippen molar-refractivity contribution in [3.8, 4) is 0 Å². The highest BCUT2D eigenvalue weighted by Crippen LogP contribution is 2.06. The van der Waals surface area contributed by atoms with Gasteiger partial charge in [-0.15, -0.1) is 0 Å². The Hall–Kier alpha value is -1.65. The van der Waals surface area contributed by atoms with Gasteiger partial charge in [0.2, 0.25) is 5.95 Å². The molecule has 0 saturated heterocycles. The summed E-state index contributed by atoms with van der Waals surface area (Å²) in [5.74, 6) is -0.218. The second-order valence-corrected chi connectivity index (χ2v) is 3.28. The second-order valence-electron chi connectivity index (χ2n) is 3.28. The number of carbonyl (C=O) groups is 1. The highest BCUT2D eigenvalue weighted by Gasteiger charge is 2.08. The van der Waals surface area contributed by atoms with Crippen LogP contribution >= 0.6 is 0 Å². The fourth-order valence-electron chi connectivity index (χ4n) is 1.18. The van der Waals surface area contributed by atoms with Gasteiger partial charge in [0.1, 0.15) is 0 Å². The van der Waals surface area contributed by atoms with Gasteiger partial charge in [0.05, 0.1) is 6.42 Å². The minimum atomic E-state index is -0.805. The standard InChI is InChI=1S/C10H15N3O2/c1-3-13(5-4-9(14)15)10-11-6-8(2)7-12-10/h6-7H,3-5H2,1-2H3,(H,14,15). The third-order valence-electron chi connectivity index (χ3n) is 2.03. The molecule has 1 aromatic heterocycles. The lowest BCUT2D eigenvalue weighted by molar-refractivity contribution is -0.136. The highest BCUT2D eigenvalue weighted by molar-refractivity contribution is 5.67. The first-order chi connectivity index (χ1) is 7.13. The van der Waals surface area contributed by atoms with Crippen molar-refractivity contribution in [3.63, 3.8) is 0 Å². The molecule has 1 aromatic rings. The summed E-state index contributed by atoms with van der Waals surface area (Å²) in [6, 6.07) is 0. The number of hydrogen-bond donors (Lipinski definition) is 1. The second kappa shape index (κ2) is 5.29. The van der Waals surface area contributed by atoms with Crippen molar-refractivity contribution in [1.82, 2.24) is 9.97 Å². The monoisotopic (exact) mass is 209 g/mol. The van der Waals surface area contributed by atoms with E-state index < -0.39 is 5.97 Å². The predicted molar refractivity (Wildman–Crippen MR) is 56.9 cm³/mol. The molecule has 5 nitrogen and oxygen atoms in total. The molecule has 0 amide bonds. The maximum atomic E-state index is 10.4. The topological polar surface area (TPSA) is 66.3 Å². The zero-order chi connectivity index (χ0) is 11.3. The number of anilines is 1. The Morgan fingerprint density at radius 2 is 2.07 bits per heavy atom. The molecule has 1 heterocycles. The van der Waals surface area contributed by atoms with E-state index in [0.29, 0.717) is 19.0 Å². The first kappa shape index (κ1) is 11.4. The number of hydrogen-bond acceptors (Lipinski definition) is 4. The number of carboxylic acids is 1. The fraction of sp³-hybridized carbons (Fsp3) is 0.500. The van der Waals surface area contributed by atoms with E-state index in [0.717, 1.165) is 5.56 Å². The number of aryl methyl sites for hydroxylation is 1. The number of nitrogens with zero attached hydrogens (tertiary/aromatic N) is 3. The van der Waals surface area contributed by atoms with E-state index in [2.05, 4.69) is 9.97 Å². The Morgan fingerprint density at radius 3 is 2.53 bits per heavy atom. The number of aromatic nitrogens is 2. The maximum Gasteiger partial charge on any atom is 0.305 e. The Morgan fingerprint density at radius 1 is 1.47 bits per heavy atom. The van der Waals surface area contributed by atoms with Crippen LogP contribution in [0.1, 0.15) is 18.9 Å². The molecule has 1 N–H and O–H groups in total. The van der Waals surface area contributed by atoms with Crippen molar-refractivity contribution in [2.45, 2.75) is 20.3 Å². The third kappa shape index (κ3) is 3.53. The minimum Gasteiger partial charge on any atom is -0.481 e. The predicted octanol–water partition coefficient (Wildman–Crippen LogP) is 1.09. The van der Waals surface area contributed by atoms with Gasteiger partial charge in [-0.05, 0) is 19.4 Å². The number of aliphatic carboxylic acids is 1. The van der Waals surface area contributed by atoms with Gasteiger partial charge in [-0.1, -0.05) is 0 Å². The summed E-state index contributed by atoms with van der Waals surface area (Å²) in [5.41, 5.74) is 0.994. The van der Waals surface area contributed by atoms with Crippen LogP contribution in [0.25, 0.3) is 0 Å². The van der Waals surface area contributed by atoms with Crippen LogP contribution in [-0.2, 0) is 4.79 Å². The normalized spacial score (nSPS) is 10.0. The smallest absolute Gasteiger partial charge is 0.305 e. The van der Waals surface area contributed by atoms with Gasteiger partial charge in [-0.25, -0.2) is 9.97 Å². The van der Waals surface area contributed by atoms with E-state index in [1.807, 2.05) is 18.7 Å². The summed E-state index contributed by atoms with van der Waals surface area (Å²) in [4.78, 5) is 20.6. The van der Waals surface area contributed by atoms with E-state index in [9.17, 15) is 4.79 Å². The van der Waals surface area contributed by atoms with E-state index in [-0.39, 0.29) is 6.42 Å². The Balaban J connectivity index is 2.65. The van der Waals surface area contributed by atoms with Crippen molar-refractivity contribution in [2.24, 2.45) is 0 Å². The van der Waals surface area contributed by atoms with E-state index in [1.54, 1.807) is 12.4 Å². The molecule has 5 heteroatoms. The van der Waals surface area contributed by atoms with Crippen molar-refractivity contribution >= 4 is 11.9 Å². The largest absolute Gasteiger partial charge is 0.481 e. The van der Waals surface area contributed by atoms with Crippen LogP contribution in [0, 0.1) is 6.92 Å². The quantitative estimate of drug-likeness (QED) is 0.786. The molecule has 15 heavy (non-hydrogen) atoms. The molecule has 0 aliphatic rings. The lowest BCUT2D eigenvalue weighted by Crippen LogP contribution is -2.27. The molecule has 0 unspecified atom stereocenters. The average Bonchev–Trinajstić information content (AvgIpc) is 2.21. The van der Waals surface area contributed by atoms with Gasteiger partial charge < -0.3 is 10.0 Å². The van der Waals surface area contributed by atoms with Crippen molar-refractivity contribution in [3.05, 3.63) is 18.0 Å². The minimum absolute atomic E-state index is 0.102. The molecule has 0 spiro atoms. The van der Waals surface area contributed by atoms with Gasteiger partial charge in [0.25, 0.3) is 0 Å². The molecule has 0 aliphatic carbocycles. The van der Waals surface area contributed by atoms with E-state index in [1.165, 1.54) is 0 Å². The number of carboxylic acid groups (broad SMARTS) is 1. The van der Waals surface area contributed by atoms with E-state index >= 15 is 0 Å².